The van der Waals surface area contributed by atoms with Gasteiger partial charge in [0.1, 0.15) is 5.60 Å². The van der Waals surface area contributed by atoms with Crippen molar-refractivity contribution in [1.29, 1.82) is 0 Å². The summed E-state index contributed by atoms with van der Waals surface area (Å²) in [5.41, 5.74) is 6.79. The maximum absolute atomic E-state index is 6.10. The van der Waals surface area contributed by atoms with Crippen molar-refractivity contribution in [2.75, 3.05) is 7.11 Å². The van der Waals surface area contributed by atoms with Gasteiger partial charge in [-0.25, -0.2) is 0 Å². The van der Waals surface area contributed by atoms with E-state index in [0.717, 1.165) is 12.8 Å². The molecule has 0 aliphatic carbocycles. The van der Waals surface area contributed by atoms with Gasteiger partial charge in [0, 0.05) is 7.11 Å². The van der Waals surface area contributed by atoms with Gasteiger partial charge in [0.15, 0.2) is 0 Å². The second kappa shape index (κ2) is 6.15. The minimum atomic E-state index is -0.569. The van der Waals surface area contributed by atoms with Gasteiger partial charge in [-0.1, -0.05) is 35.5 Å². The molecule has 0 bridgehead atoms. The third-order valence-corrected chi connectivity index (χ3v) is 3.39. The van der Waals surface area contributed by atoms with Crippen LogP contribution in [0, 0.1) is 0 Å². The highest BCUT2D eigenvalue weighted by Gasteiger charge is 2.27. The van der Waals surface area contributed by atoms with E-state index in [2.05, 4.69) is 22.3 Å². The number of rotatable bonds is 6. The molecular formula is C15H21N3O2. The van der Waals surface area contributed by atoms with Crippen LogP contribution in [0.2, 0.25) is 0 Å². The highest BCUT2D eigenvalue weighted by molar-refractivity contribution is 5.15. The lowest BCUT2D eigenvalue weighted by Crippen LogP contribution is -2.21. The molecule has 0 amide bonds. The number of aromatic nitrogens is 2. The summed E-state index contributed by atoms with van der Waals surface area (Å²) in [6.07, 6.45) is 1.65. The Kier molecular flexibility index (Phi) is 4.52. The number of hydrogen-bond acceptors (Lipinski definition) is 5. The molecule has 0 radical (unpaired) electrons. The minimum Gasteiger partial charge on any atom is -0.371 e. The molecular weight excluding hydrogens is 254 g/mol. The molecule has 1 unspecified atom stereocenters. The third-order valence-electron chi connectivity index (χ3n) is 3.39. The number of ether oxygens (including phenoxy) is 1. The van der Waals surface area contributed by atoms with Crippen molar-refractivity contribution in [2.24, 2.45) is 5.73 Å². The molecule has 2 N–H and O–H groups in total. The van der Waals surface area contributed by atoms with Gasteiger partial charge in [-0.15, -0.1) is 0 Å². The van der Waals surface area contributed by atoms with E-state index in [1.807, 2.05) is 32.0 Å². The van der Waals surface area contributed by atoms with Crippen LogP contribution < -0.4 is 5.73 Å². The lowest BCUT2D eigenvalue weighted by atomic mass is 10.1. The zero-order valence-corrected chi connectivity index (χ0v) is 12.2. The van der Waals surface area contributed by atoms with Crippen molar-refractivity contribution in [3.05, 3.63) is 47.6 Å². The van der Waals surface area contributed by atoms with E-state index < -0.39 is 5.60 Å². The molecule has 0 saturated heterocycles. The van der Waals surface area contributed by atoms with Gasteiger partial charge in [-0.2, -0.15) is 4.98 Å². The number of nitrogens with two attached hydrogens (primary N) is 1. The first kappa shape index (κ1) is 14.7. The average molecular weight is 275 g/mol. The second-order valence-electron chi connectivity index (χ2n) is 5.30. The number of benzene rings is 1. The fourth-order valence-corrected chi connectivity index (χ4v) is 1.81. The number of nitrogens with zero attached hydrogens (tertiary/aromatic N) is 2. The SMILES string of the molecule is COC(C)(C)c1noc(C(N)CCc2ccccc2)n1. The van der Waals surface area contributed by atoms with Gasteiger partial charge in [0.25, 0.3) is 0 Å². The van der Waals surface area contributed by atoms with Gasteiger partial charge >= 0.3 is 0 Å². The van der Waals surface area contributed by atoms with Crippen LogP contribution in [0.4, 0.5) is 0 Å². The van der Waals surface area contributed by atoms with Gasteiger partial charge in [0.2, 0.25) is 11.7 Å². The summed E-state index contributed by atoms with van der Waals surface area (Å²) in [5.74, 6) is 0.978. The third kappa shape index (κ3) is 3.43. The summed E-state index contributed by atoms with van der Waals surface area (Å²) in [5, 5.41) is 3.94. The minimum absolute atomic E-state index is 0.260. The van der Waals surface area contributed by atoms with Crippen LogP contribution >= 0.6 is 0 Å². The van der Waals surface area contributed by atoms with E-state index in [1.165, 1.54) is 5.56 Å². The summed E-state index contributed by atoms with van der Waals surface area (Å²) < 4.78 is 10.6. The monoisotopic (exact) mass is 275 g/mol. The lowest BCUT2D eigenvalue weighted by molar-refractivity contribution is 0.00973. The van der Waals surface area contributed by atoms with Crippen molar-refractivity contribution in [3.8, 4) is 0 Å². The second-order valence-corrected chi connectivity index (χ2v) is 5.30. The summed E-state index contributed by atoms with van der Waals surface area (Å²) >= 11 is 0. The maximum atomic E-state index is 6.10. The van der Waals surface area contributed by atoms with Crippen molar-refractivity contribution < 1.29 is 9.26 Å². The van der Waals surface area contributed by atoms with E-state index >= 15 is 0 Å². The molecule has 2 aromatic rings. The maximum Gasteiger partial charge on any atom is 0.243 e. The number of hydrogen-bond donors (Lipinski definition) is 1. The van der Waals surface area contributed by atoms with Crippen molar-refractivity contribution >= 4 is 0 Å². The normalized spacial score (nSPS) is 13.4. The Balaban J connectivity index is 1.98. The zero-order valence-electron chi connectivity index (χ0n) is 12.2. The van der Waals surface area contributed by atoms with Crippen LogP contribution in [0.25, 0.3) is 0 Å². The van der Waals surface area contributed by atoms with Gasteiger partial charge < -0.3 is 15.0 Å². The molecule has 108 valence electrons. The first-order valence-corrected chi connectivity index (χ1v) is 6.71. The van der Waals surface area contributed by atoms with Gasteiger partial charge in [-0.3, -0.25) is 0 Å². The van der Waals surface area contributed by atoms with Gasteiger partial charge in [-0.05, 0) is 32.3 Å². The molecule has 0 saturated carbocycles. The first-order valence-electron chi connectivity index (χ1n) is 6.71. The summed E-state index contributed by atoms with van der Waals surface area (Å²) in [6, 6.07) is 9.95. The molecule has 2 rings (SSSR count). The van der Waals surface area contributed by atoms with Crippen molar-refractivity contribution in [2.45, 2.75) is 38.3 Å². The predicted molar refractivity (Wildman–Crippen MR) is 76.0 cm³/mol. The zero-order chi connectivity index (χ0) is 14.6. The Morgan fingerprint density at radius 3 is 2.65 bits per heavy atom. The van der Waals surface area contributed by atoms with E-state index in [1.54, 1.807) is 7.11 Å². The summed E-state index contributed by atoms with van der Waals surface area (Å²) in [7, 11) is 1.62. The molecule has 0 spiro atoms. The summed E-state index contributed by atoms with van der Waals surface area (Å²) in [4.78, 5) is 4.34. The Labute approximate surface area is 119 Å². The fraction of sp³-hybridized carbons (Fsp3) is 0.467. The summed E-state index contributed by atoms with van der Waals surface area (Å²) in [6.45, 7) is 3.77. The van der Waals surface area contributed by atoms with E-state index in [4.69, 9.17) is 15.0 Å². The smallest absolute Gasteiger partial charge is 0.243 e. The van der Waals surface area contributed by atoms with Crippen LogP contribution in [-0.4, -0.2) is 17.3 Å². The molecule has 1 aromatic heterocycles. The highest BCUT2D eigenvalue weighted by atomic mass is 16.5. The predicted octanol–water partition coefficient (Wildman–Crippen LogP) is 2.58. The quantitative estimate of drug-likeness (QED) is 0.877. The van der Waals surface area contributed by atoms with Crippen LogP contribution in [0.15, 0.2) is 34.9 Å². The Morgan fingerprint density at radius 2 is 2.00 bits per heavy atom. The van der Waals surface area contributed by atoms with Crippen LogP contribution in [0.3, 0.4) is 0 Å². The molecule has 1 aromatic carbocycles. The molecule has 5 heteroatoms. The molecule has 5 nitrogen and oxygen atoms in total. The molecule has 0 aliphatic heterocycles. The van der Waals surface area contributed by atoms with E-state index in [-0.39, 0.29) is 6.04 Å². The van der Waals surface area contributed by atoms with Crippen molar-refractivity contribution in [1.82, 2.24) is 10.1 Å². The largest absolute Gasteiger partial charge is 0.371 e. The van der Waals surface area contributed by atoms with Crippen LogP contribution in [0.5, 0.6) is 0 Å². The Morgan fingerprint density at radius 1 is 1.30 bits per heavy atom. The Bertz CT molecular complexity index is 537. The molecule has 20 heavy (non-hydrogen) atoms. The highest BCUT2D eigenvalue weighted by Crippen LogP contribution is 2.23. The Hall–Kier alpha value is -1.72. The van der Waals surface area contributed by atoms with Crippen molar-refractivity contribution in [3.63, 3.8) is 0 Å². The number of methoxy groups -OCH3 is 1. The van der Waals surface area contributed by atoms with Crippen LogP contribution in [0.1, 0.15) is 43.6 Å². The van der Waals surface area contributed by atoms with E-state index in [9.17, 15) is 0 Å². The topological polar surface area (TPSA) is 74.2 Å². The van der Waals surface area contributed by atoms with Gasteiger partial charge in [0.05, 0.1) is 6.04 Å². The molecule has 1 heterocycles. The molecule has 1 atom stereocenters. The lowest BCUT2D eigenvalue weighted by Gasteiger charge is -2.17. The fourth-order valence-electron chi connectivity index (χ4n) is 1.81. The molecule has 0 aliphatic rings. The standard InChI is InChI=1S/C15H21N3O2/c1-15(2,19-3)14-17-13(20-18-14)12(16)10-9-11-7-5-4-6-8-11/h4-8,12H,9-10,16H2,1-3H3. The first-order chi connectivity index (χ1) is 9.53. The molecule has 0 fully saturated rings. The average Bonchev–Trinajstić information content (AvgIpc) is 2.96. The van der Waals surface area contributed by atoms with Crippen LogP contribution in [-0.2, 0) is 16.8 Å². The van der Waals surface area contributed by atoms with E-state index in [0.29, 0.717) is 11.7 Å². The number of aryl methyl sites for hydroxylation is 1.